The molecule has 1 saturated carbocycles. The van der Waals surface area contributed by atoms with E-state index in [9.17, 15) is 13.2 Å². The van der Waals surface area contributed by atoms with Crippen molar-refractivity contribution in [1.29, 1.82) is 0 Å². The highest BCUT2D eigenvalue weighted by Crippen LogP contribution is 2.26. The molecule has 1 N–H and O–H groups in total. The third-order valence-corrected chi connectivity index (χ3v) is 3.74. The Morgan fingerprint density at radius 3 is 2.38 bits per heavy atom. The fourth-order valence-corrected chi connectivity index (χ4v) is 2.84. The zero-order valence-electron chi connectivity index (χ0n) is 9.39. The lowest BCUT2D eigenvalue weighted by molar-refractivity contribution is -0.130. The predicted octanol–water partition coefficient (Wildman–Crippen LogP) is 1.39. The van der Waals surface area contributed by atoms with Gasteiger partial charge in [-0.15, -0.1) is 0 Å². The van der Waals surface area contributed by atoms with Gasteiger partial charge in [0, 0.05) is 12.5 Å². The average molecular weight is 250 g/mol. The van der Waals surface area contributed by atoms with Crippen molar-refractivity contribution in [2.75, 3.05) is 6.61 Å². The molecule has 5 nitrogen and oxygen atoms in total. The summed E-state index contributed by atoms with van der Waals surface area (Å²) in [5.41, 5.74) is -1.69. The third kappa shape index (κ3) is 3.54. The average Bonchev–Trinajstić information content (AvgIpc) is 2.25. The minimum atomic E-state index is -4.45. The molecule has 0 radical (unpaired) electrons. The Kier molecular flexibility index (Phi) is 4.89. The lowest BCUT2D eigenvalue weighted by Gasteiger charge is -2.23. The molecule has 0 heterocycles. The third-order valence-electron chi connectivity index (χ3n) is 2.83. The summed E-state index contributed by atoms with van der Waals surface area (Å²) < 4.78 is 35.8. The Morgan fingerprint density at radius 1 is 1.38 bits per heavy atom. The van der Waals surface area contributed by atoms with E-state index < -0.39 is 21.3 Å². The zero-order chi connectivity index (χ0) is 12.2. The van der Waals surface area contributed by atoms with Crippen molar-refractivity contribution < 1.29 is 22.5 Å². The summed E-state index contributed by atoms with van der Waals surface area (Å²) >= 11 is 0. The van der Waals surface area contributed by atoms with Crippen molar-refractivity contribution in [1.82, 2.24) is 0 Å². The van der Waals surface area contributed by atoms with E-state index in [4.69, 9.17) is 9.29 Å². The van der Waals surface area contributed by atoms with Gasteiger partial charge in [-0.2, -0.15) is 8.42 Å². The van der Waals surface area contributed by atoms with Crippen LogP contribution >= 0.6 is 0 Å². The van der Waals surface area contributed by atoms with Crippen molar-refractivity contribution in [2.45, 2.75) is 44.5 Å². The molecule has 1 fully saturated rings. The van der Waals surface area contributed by atoms with Crippen LogP contribution in [0.4, 0.5) is 0 Å². The second-order valence-corrected chi connectivity index (χ2v) is 5.50. The molecule has 1 aliphatic rings. The van der Waals surface area contributed by atoms with Gasteiger partial charge in [-0.3, -0.25) is 9.35 Å². The maximum atomic E-state index is 11.9. The van der Waals surface area contributed by atoms with E-state index in [2.05, 4.69) is 0 Å². The maximum Gasteiger partial charge on any atom is 0.299 e. The number of Topliss-reactive ketones (excluding diaryl/α,β-unsaturated/α-hetero) is 1. The smallest absolute Gasteiger partial charge is 0.299 e. The van der Waals surface area contributed by atoms with Gasteiger partial charge in [-0.05, 0) is 19.8 Å². The van der Waals surface area contributed by atoms with Crippen LogP contribution in [-0.2, 0) is 19.6 Å². The van der Waals surface area contributed by atoms with Crippen LogP contribution in [0.25, 0.3) is 0 Å². The van der Waals surface area contributed by atoms with Crippen molar-refractivity contribution in [3.8, 4) is 0 Å². The van der Waals surface area contributed by atoms with E-state index in [-0.39, 0.29) is 12.5 Å². The first-order chi connectivity index (χ1) is 7.46. The summed E-state index contributed by atoms with van der Waals surface area (Å²) in [5, 5.41) is 0. The van der Waals surface area contributed by atoms with Crippen LogP contribution in [0.5, 0.6) is 0 Å². The highest BCUT2D eigenvalue weighted by molar-refractivity contribution is 7.87. The van der Waals surface area contributed by atoms with E-state index in [0.717, 1.165) is 19.3 Å². The topological polar surface area (TPSA) is 80.7 Å². The fourth-order valence-electron chi connectivity index (χ4n) is 2.05. The van der Waals surface area contributed by atoms with Crippen LogP contribution in [0.2, 0.25) is 0 Å². The summed E-state index contributed by atoms with van der Waals surface area (Å²) in [6.45, 7) is 1.68. The van der Waals surface area contributed by atoms with E-state index in [1.165, 1.54) is 0 Å². The SMILES string of the molecule is CCOC(C(=O)C1CCCCC1)S(=O)(=O)O. The van der Waals surface area contributed by atoms with Gasteiger partial charge in [0.05, 0.1) is 0 Å². The molecule has 1 unspecified atom stereocenters. The highest BCUT2D eigenvalue weighted by atomic mass is 32.2. The second-order valence-electron chi connectivity index (χ2n) is 4.04. The molecule has 0 aliphatic heterocycles. The number of rotatable bonds is 5. The summed E-state index contributed by atoms with van der Waals surface area (Å²) in [7, 11) is -4.45. The molecule has 0 amide bonds. The Bertz CT molecular complexity index is 329. The summed E-state index contributed by atoms with van der Waals surface area (Å²) in [6.07, 6.45) is 4.33. The molecule has 1 atom stereocenters. The van der Waals surface area contributed by atoms with Crippen molar-refractivity contribution >= 4 is 15.9 Å². The van der Waals surface area contributed by atoms with Gasteiger partial charge in [0.1, 0.15) is 0 Å². The first kappa shape index (κ1) is 13.6. The van der Waals surface area contributed by atoms with Gasteiger partial charge < -0.3 is 4.74 Å². The molecular weight excluding hydrogens is 232 g/mol. The van der Waals surface area contributed by atoms with Gasteiger partial charge in [-0.1, -0.05) is 19.3 Å². The monoisotopic (exact) mass is 250 g/mol. The number of ether oxygens (including phenoxy) is 1. The van der Waals surface area contributed by atoms with Crippen LogP contribution in [0.3, 0.4) is 0 Å². The van der Waals surface area contributed by atoms with Gasteiger partial charge in [0.15, 0.2) is 5.78 Å². The summed E-state index contributed by atoms with van der Waals surface area (Å²) in [6, 6.07) is 0. The van der Waals surface area contributed by atoms with Crippen LogP contribution in [0.15, 0.2) is 0 Å². The number of ketones is 1. The lowest BCUT2D eigenvalue weighted by Crippen LogP contribution is -2.37. The Hall–Kier alpha value is -0.460. The second kappa shape index (κ2) is 5.75. The van der Waals surface area contributed by atoms with E-state index in [1.54, 1.807) is 6.92 Å². The van der Waals surface area contributed by atoms with E-state index in [0.29, 0.717) is 12.8 Å². The van der Waals surface area contributed by atoms with Crippen molar-refractivity contribution in [2.24, 2.45) is 5.92 Å². The highest BCUT2D eigenvalue weighted by Gasteiger charge is 2.36. The summed E-state index contributed by atoms with van der Waals surface area (Å²) in [5.74, 6) is -0.781. The first-order valence-electron chi connectivity index (χ1n) is 5.58. The van der Waals surface area contributed by atoms with E-state index in [1.807, 2.05) is 0 Å². The lowest BCUT2D eigenvalue weighted by atomic mass is 9.86. The minimum Gasteiger partial charge on any atom is -0.353 e. The van der Waals surface area contributed by atoms with Gasteiger partial charge in [-0.25, -0.2) is 0 Å². The molecule has 0 aromatic carbocycles. The zero-order valence-corrected chi connectivity index (χ0v) is 10.2. The minimum absolute atomic E-state index is 0.0862. The van der Waals surface area contributed by atoms with Crippen molar-refractivity contribution in [3.63, 3.8) is 0 Å². The molecule has 6 heteroatoms. The van der Waals surface area contributed by atoms with Gasteiger partial charge in [0.25, 0.3) is 10.1 Å². The normalized spacial score (nSPS) is 20.6. The molecule has 1 rings (SSSR count). The van der Waals surface area contributed by atoms with Gasteiger partial charge in [0.2, 0.25) is 5.44 Å². The first-order valence-corrected chi connectivity index (χ1v) is 7.08. The Balaban J connectivity index is 2.74. The Labute approximate surface area is 95.9 Å². The number of hydrogen-bond acceptors (Lipinski definition) is 4. The molecule has 0 saturated heterocycles. The fraction of sp³-hybridized carbons (Fsp3) is 0.900. The molecule has 94 valence electrons. The molecular formula is C10H18O5S. The van der Waals surface area contributed by atoms with Crippen LogP contribution < -0.4 is 0 Å². The van der Waals surface area contributed by atoms with Crippen molar-refractivity contribution in [3.05, 3.63) is 0 Å². The maximum absolute atomic E-state index is 11.9. The van der Waals surface area contributed by atoms with Crippen LogP contribution in [-0.4, -0.2) is 30.8 Å². The number of hydrogen-bond donors (Lipinski definition) is 1. The number of carbonyl (C=O) groups is 1. The predicted molar refractivity (Wildman–Crippen MR) is 58.5 cm³/mol. The van der Waals surface area contributed by atoms with E-state index >= 15 is 0 Å². The molecule has 0 spiro atoms. The van der Waals surface area contributed by atoms with Crippen LogP contribution in [0, 0.1) is 5.92 Å². The Morgan fingerprint density at radius 2 is 1.94 bits per heavy atom. The molecule has 16 heavy (non-hydrogen) atoms. The standard InChI is InChI=1S/C10H18O5S/c1-2-15-10(16(12,13)14)9(11)8-6-4-3-5-7-8/h8,10H,2-7H2,1H3,(H,12,13,14). The molecule has 0 bridgehead atoms. The molecule has 1 aliphatic carbocycles. The molecule has 0 aromatic heterocycles. The summed E-state index contributed by atoms with van der Waals surface area (Å²) in [4.78, 5) is 11.9. The molecule has 0 aromatic rings. The van der Waals surface area contributed by atoms with Gasteiger partial charge >= 0.3 is 0 Å². The quantitative estimate of drug-likeness (QED) is 0.746. The van der Waals surface area contributed by atoms with Crippen LogP contribution in [0.1, 0.15) is 39.0 Å². The largest absolute Gasteiger partial charge is 0.353 e. The number of carbonyl (C=O) groups excluding carboxylic acids is 1.